The minimum atomic E-state index is -0.510. The highest BCUT2D eigenvalue weighted by atomic mass is 32.2. The van der Waals surface area contributed by atoms with Crippen molar-refractivity contribution in [3.63, 3.8) is 0 Å². The molecule has 1 aromatic carbocycles. The van der Waals surface area contributed by atoms with Gasteiger partial charge in [-0.15, -0.1) is 0 Å². The van der Waals surface area contributed by atoms with Crippen LogP contribution in [0.25, 0.3) is 0 Å². The van der Waals surface area contributed by atoms with Crippen molar-refractivity contribution in [2.24, 2.45) is 5.73 Å². The number of nitrogens with two attached hydrogens (primary N) is 1. The molecule has 1 aliphatic heterocycles. The maximum atomic E-state index is 11.1. The molecule has 1 aromatic rings. The van der Waals surface area contributed by atoms with Crippen LogP contribution >= 0.6 is 11.8 Å². The van der Waals surface area contributed by atoms with E-state index in [9.17, 15) is 4.79 Å². The summed E-state index contributed by atoms with van der Waals surface area (Å²) >= 11 is 1.80. The second-order valence-corrected chi connectivity index (χ2v) is 5.69. The fraction of sp³-hybridized carbons (Fsp3) is 0.500. The summed E-state index contributed by atoms with van der Waals surface area (Å²) in [5.41, 5.74) is 6.97. The zero-order chi connectivity index (χ0) is 13.7. The average molecular weight is 281 g/mol. The summed E-state index contributed by atoms with van der Waals surface area (Å²) in [6.07, 6.45) is 0.645. The molecule has 1 aliphatic rings. The van der Waals surface area contributed by atoms with E-state index in [1.54, 1.807) is 11.8 Å². The monoisotopic (exact) mass is 281 g/mol. The molecule has 0 radical (unpaired) electrons. The Hall–Kier alpha value is -1.20. The highest BCUT2D eigenvalue weighted by molar-refractivity contribution is 7.99. The number of benzene rings is 1. The van der Waals surface area contributed by atoms with E-state index in [-0.39, 0.29) is 5.97 Å². The van der Waals surface area contributed by atoms with Gasteiger partial charge in [-0.25, -0.2) is 0 Å². The molecule has 5 heteroatoms. The summed E-state index contributed by atoms with van der Waals surface area (Å²) in [6.45, 7) is 0.745. The summed E-state index contributed by atoms with van der Waals surface area (Å²) in [6, 6.07) is 7.65. The Labute approximate surface area is 117 Å². The van der Waals surface area contributed by atoms with Crippen LogP contribution in [0.15, 0.2) is 24.3 Å². The van der Waals surface area contributed by atoms with E-state index >= 15 is 0 Å². The van der Waals surface area contributed by atoms with Crippen molar-refractivity contribution in [2.75, 3.05) is 25.2 Å². The number of esters is 1. The summed E-state index contributed by atoms with van der Waals surface area (Å²) in [5.74, 6) is 2.95. The molecule has 104 valence electrons. The second kappa shape index (κ2) is 6.82. The number of fused-ring (bicyclic) bond motifs is 1. The van der Waals surface area contributed by atoms with Crippen LogP contribution < -0.4 is 10.5 Å². The molecule has 0 aromatic heterocycles. The lowest BCUT2D eigenvalue weighted by molar-refractivity contribution is -0.142. The third kappa shape index (κ3) is 3.64. The lowest BCUT2D eigenvalue weighted by Crippen LogP contribution is -2.32. The summed E-state index contributed by atoms with van der Waals surface area (Å²) < 4.78 is 10.2. The van der Waals surface area contributed by atoms with Gasteiger partial charge in [0.25, 0.3) is 0 Å². The Bertz CT molecular complexity index is 438. The van der Waals surface area contributed by atoms with Crippen molar-refractivity contribution < 1.29 is 14.3 Å². The lowest BCUT2D eigenvalue weighted by atomic mass is 10.0. The van der Waals surface area contributed by atoms with Crippen molar-refractivity contribution in [3.8, 4) is 5.75 Å². The summed E-state index contributed by atoms with van der Waals surface area (Å²) in [4.78, 5) is 11.1. The number of carbonyl (C=O) groups is 1. The van der Waals surface area contributed by atoms with E-state index in [4.69, 9.17) is 10.5 Å². The molecule has 19 heavy (non-hydrogen) atoms. The minimum Gasteiger partial charge on any atom is -0.493 e. The van der Waals surface area contributed by atoms with Crippen molar-refractivity contribution in [1.29, 1.82) is 0 Å². The van der Waals surface area contributed by atoms with Crippen LogP contribution in [0.3, 0.4) is 0 Å². The molecule has 0 fully saturated rings. The van der Waals surface area contributed by atoms with Crippen LogP contribution in [0.2, 0.25) is 0 Å². The first kappa shape index (κ1) is 14.2. The molecular formula is C14H19NO3S. The molecule has 0 aliphatic carbocycles. The van der Waals surface area contributed by atoms with E-state index in [1.807, 2.05) is 18.2 Å². The minimum absolute atomic E-state index is 0.338. The van der Waals surface area contributed by atoms with Gasteiger partial charge in [0.2, 0.25) is 0 Å². The third-order valence-electron chi connectivity index (χ3n) is 3.20. The van der Waals surface area contributed by atoms with E-state index in [0.29, 0.717) is 12.3 Å². The average Bonchev–Trinajstić information content (AvgIpc) is 2.86. The number of methoxy groups -OCH3 is 1. The molecule has 4 nitrogen and oxygen atoms in total. The molecule has 2 rings (SSSR count). The van der Waals surface area contributed by atoms with Gasteiger partial charge in [-0.3, -0.25) is 4.79 Å². The number of ether oxygens (including phenoxy) is 2. The number of carbonyl (C=O) groups excluding carboxylic acids is 1. The van der Waals surface area contributed by atoms with Gasteiger partial charge in [-0.05, 0) is 18.2 Å². The van der Waals surface area contributed by atoms with Gasteiger partial charge in [0, 0.05) is 17.2 Å². The Kier molecular flexibility index (Phi) is 5.10. The van der Waals surface area contributed by atoms with Crippen molar-refractivity contribution in [2.45, 2.75) is 18.4 Å². The van der Waals surface area contributed by atoms with Crippen LogP contribution in [0.5, 0.6) is 5.75 Å². The topological polar surface area (TPSA) is 61.5 Å². The lowest BCUT2D eigenvalue weighted by Gasteiger charge is -2.11. The quantitative estimate of drug-likeness (QED) is 0.636. The number of para-hydroxylation sites is 1. The predicted octanol–water partition coefficient (Wildman–Crippen LogP) is 1.79. The van der Waals surface area contributed by atoms with Crippen LogP contribution in [0.1, 0.15) is 17.9 Å². The van der Waals surface area contributed by atoms with Crippen LogP contribution in [0, 0.1) is 0 Å². The Morgan fingerprint density at radius 1 is 1.58 bits per heavy atom. The first-order valence-corrected chi connectivity index (χ1v) is 7.50. The van der Waals surface area contributed by atoms with Gasteiger partial charge in [0.15, 0.2) is 0 Å². The smallest absolute Gasteiger partial charge is 0.322 e. The fourth-order valence-electron chi connectivity index (χ4n) is 2.07. The number of hydrogen-bond acceptors (Lipinski definition) is 5. The third-order valence-corrected chi connectivity index (χ3v) is 4.36. The van der Waals surface area contributed by atoms with Crippen LogP contribution in [0.4, 0.5) is 0 Å². The van der Waals surface area contributed by atoms with Gasteiger partial charge >= 0.3 is 5.97 Å². The zero-order valence-corrected chi connectivity index (χ0v) is 11.8. The maximum absolute atomic E-state index is 11.1. The molecule has 2 atom stereocenters. The van der Waals surface area contributed by atoms with E-state index in [2.05, 4.69) is 10.8 Å². The fourth-order valence-corrected chi connectivity index (χ4v) is 3.22. The molecule has 2 unspecified atom stereocenters. The predicted molar refractivity (Wildman–Crippen MR) is 76.6 cm³/mol. The van der Waals surface area contributed by atoms with Crippen molar-refractivity contribution in [1.82, 2.24) is 0 Å². The maximum Gasteiger partial charge on any atom is 0.322 e. The second-order valence-electron chi connectivity index (χ2n) is 4.54. The molecule has 2 N–H and O–H groups in total. The van der Waals surface area contributed by atoms with E-state index < -0.39 is 6.04 Å². The normalized spacial score (nSPS) is 18.5. The highest BCUT2D eigenvalue weighted by Crippen LogP contribution is 2.35. The largest absolute Gasteiger partial charge is 0.493 e. The number of hydrogen-bond donors (Lipinski definition) is 1. The molecule has 0 saturated heterocycles. The van der Waals surface area contributed by atoms with Gasteiger partial charge in [-0.1, -0.05) is 18.2 Å². The van der Waals surface area contributed by atoms with E-state index in [1.165, 1.54) is 12.7 Å². The number of thioether (sulfide) groups is 1. The van der Waals surface area contributed by atoms with Gasteiger partial charge < -0.3 is 15.2 Å². The number of rotatable bonds is 6. The standard InChI is InChI=1S/C14H19NO3S/c1-17-14(16)12(15)6-7-19-9-10-8-18-13-5-3-2-4-11(10)13/h2-5,10,12H,6-9,15H2,1H3. The summed E-state index contributed by atoms with van der Waals surface area (Å²) in [7, 11) is 1.36. The first-order valence-electron chi connectivity index (χ1n) is 6.35. The molecule has 1 heterocycles. The SMILES string of the molecule is COC(=O)C(N)CCSCC1COc2ccccc21. The zero-order valence-electron chi connectivity index (χ0n) is 11.0. The molecule has 0 bridgehead atoms. The molecule has 0 spiro atoms. The Balaban J connectivity index is 1.72. The van der Waals surface area contributed by atoms with Crippen molar-refractivity contribution >= 4 is 17.7 Å². The summed E-state index contributed by atoms with van der Waals surface area (Å²) in [5, 5.41) is 0. The van der Waals surface area contributed by atoms with Crippen LogP contribution in [-0.4, -0.2) is 37.2 Å². The van der Waals surface area contributed by atoms with Gasteiger partial charge in [0.1, 0.15) is 11.8 Å². The highest BCUT2D eigenvalue weighted by Gasteiger charge is 2.23. The first-order chi connectivity index (χ1) is 9.22. The molecular weight excluding hydrogens is 262 g/mol. The Morgan fingerprint density at radius 2 is 2.37 bits per heavy atom. The van der Waals surface area contributed by atoms with Gasteiger partial charge in [-0.2, -0.15) is 11.8 Å². The van der Waals surface area contributed by atoms with Crippen LogP contribution in [-0.2, 0) is 9.53 Å². The van der Waals surface area contributed by atoms with E-state index in [0.717, 1.165) is 23.9 Å². The molecule has 0 amide bonds. The van der Waals surface area contributed by atoms with Gasteiger partial charge in [0.05, 0.1) is 13.7 Å². The molecule has 0 saturated carbocycles. The van der Waals surface area contributed by atoms with Crippen molar-refractivity contribution in [3.05, 3.63) is 29.8 Å². The Morgan fingerprint density at radius 3 is 3.16 bits per heavy atom.